The predicted octanol–water partition coefficient (Wildman–Crippen LogP) is 3.44. The van der Waals surface area contributed by atoms with Gasteiger partial charge < -0.3 is 15.0 Å². The van der Waals surface area contributed by atoms with Crippen molar-refractivity contribution in [2.45, 2.75) is 26.1 Å². The number of nitrogens with one attached hydrogen (secondary N) is 1. The van der Waals surface area contributed by atoms with Crippen molar-refractivity contribution >= 4 is 38.3 Å². The Balaban J connectivity index is 1.49. The van der Waals surface area contributed by atoms with E-state index in [4.69, 9.17) is 4.74 Å². The molecular formula is C17H19N5OS. The van der Waals surface area contributed by atoms with Gasteiger partial charge in [0.2, 0.25) is 0 Å². The normalized spacial score (nSPS) is 21.2. The fourth-order valence-electron chi connectivity index (χ4n) is 3.00. The van der Waals surface area contributed by atoms with Crippen LogP contribution >= 0.6 is 11.3 Å². The van der Waals surface area contributed by atoms with E-state index in [0.717, 1.165) is 28.7 Å². The van der Waals surface area contributed by atoms with Crippen molar-refractivity contribution < 1.29 is 4.74 Å². The molecule has 1 N–H and O–H groups in total. The molecule has 4 rings (SSSR count). The Bertz CT molecular complexity index is 791. The Morgan fingerprint density at radius 3 is 2.50 bits per heavy atom. The van der Waals surface area contributed by atoms with E-state index in [0.29, 0.717) is 5.65 Å². The second-order valence-corrected chi connectivity index (χ2v) is 7.02. The SMILES string of the molecule is C[C@@H]1CN(c2ccc(Nc3nc4nccnc4s3)cc2)C[C@H](C)O1. The molecule has 3 heterocycles. The zero-order valence-corrected chi connectivity index (χ0v) is 14.5. The Kier molecular flexibility index (Phi) is 4.03. The van der Waals surface area contributed by atoms with Crippen LogP contribution in [0, 0.1) is 0 Å². The standard InChI is InChI=1S/C17H19N5OS/c1-11-9-22(10-12(2)23-11)14-5-3-13(4-6-14)20-17-21-15-16(24-17)19-8-7-18-15/h3-8,11-12H,9-10H2,1-2H3,(H,18,20,21)/t11-,12+. The second-order valence-electron chi connectivity index (χ2n) is 6.04. The molecule has 0 saturated carbocycles. The van der Waals surface area contributed by atoms with Crippen molar-refractivity contribution in [1.82, 2.24) is 15.0 Å². The average Bonchev–Trinajstić information content (AvgIpc) is 2.97. The zero-order valence-electron chi connectivity index (χ0n) is 13.6. The van der Waals surface area contributed by atoms with E-state index < -0.39 is 0 Å². The monoisotopic (exact) mass is 341 g/mol. The Labute approximate surface area is 144 Å². The van der Waals surface area contributed by atoms with Crippen molar-refractivity contribution in [3.05, 3.63) is 36.7 Å². The Morgan fingerprint density at radius 1 is 1.08 bits per heavy atom. The van der Waals surface area contributed by atoms with E-state index in [1.807, 2.05) is 0 Å². The van der Waals surface area contributed by atoms with Crippen LogP contribution in [0.4, 0.5) is 16.5 Å². The summed E-state index contributed by atoms with van der Waals surface area (Å²) in [4.78, 5) is 16.1. The molecule has 24 heavy (non-hydrogen) atoms. The first-order valence-corrected chi connectivity index (χ1v) is 8.84. The second kappa shape index (κ2) is 6.33. The number of hydrogen-bond acceptors (Lipinski definition) is 7. The van der Waals surface area contributed by atoms with Crippen molar-refractivity contribution in [2.75, 3.05) is 23.3 Å². The van der Waals surface area contributed by atoms with Gasteiger partial charge in [0, 0.05) is 36.9 Å². The quantitative estimate of drug-likeness (QED) is 0.787. The summed E-state index contributed by atoms with van der Waals surface area (Å²) >= 11 is 1.50. The molecular weight excluding hydrogens is 322 g/mol. The first kappa shape index (κ1) is 15.3. The van der Waals surface area contributed by atoms with Gasteiger partial charge in [-0.2, -0.15) is 4.98 Å². The number of nitrogens with zero attached hydrogens (tertiary/aromatic N) is 4. The third kappa shape index (κ3) is 3.18. The fourth-order valence-corrected chi connectivity index (χ4v) is 3.79. The number of thiazole rings is 1. The number of anilines is 3. The van der Waals surface area contributed by atoms with Crippen LogP contribution in [0.25, 0.3) is 10.5 Å². The number of ether oxygens (including phenoxy) is 1. The number of aromatic nitrogens is 3. The van der Waals surface area contributed by atoms with Gasteiger partial charge in [0.25, 0.3) is 0 Å². The van der Waals surface area contributed by atoms with Crippen LogP contribution in [0.1, 0.15) is 13.8 Å². The van der Waals surface area contributed by atoms with E-state index in [-0.39, 0.29) is 12.2 Å². The summed E-state index contributed by atoms with van der Waals surface area (Å²) in [6, 6.07) is 8.42. The molecule has 2 aromatic heterocycles. The molecule has 3 aromatic rings. The van der Waals surface area contributed by atoms with Crippen LogP contribution in [-0.2, 0) is 4.74 Å². The van der Waals surface area contributed by atoms with Crippen molar-refractivity contribution in [2.24, 2.45) is 0 Å². The van der Waals surface area contributed by atoms with E-state index in [9.17, 15) is 0 Å². The van der Waals surface area contributed by atoms with Gasteiger partial charge in [0.15, 0.2) is 15.6 Å². The highest BCUT2D eigenvalue weighted by atomic mass is 32.1. The molecule has 0 spiro atoms. The number of hydrogen-bond donors (Lipinski definition) is 1. The van der Waals surface area contributed by atoms with Gasteiger partial charge in [-0.3, -0.25) is 0 Å². The van der Waals surface area contributed by atoms with Gasteiger partial charge >= 0.3 is 0 Å². The lowest BCUT2D eigenvalue weighted by atomic mass is 10.2. The van der Waals surface area contributed by atoms with E-state index >= 15 is 0 Å². The lowest BCUT2D eigenvalue weighted by Crippen LogP contribution is -2.45. The molecule has 1 saturated heterocycles. The number of benzene rings is 1. The van der Waals surface area contributed by atoms with Crippen LogP contribution in [0.2, 0.25) is 0 Å². The molecule has 0 unspecified atom stereocenters. The highest BCUT2D eigenvalue weighted by Crippen LogP contribution is 2.27. The maximum absolute atomic E-state index is 5.80. The molecule has 6 nitrogen and oxygen atoms in total. The lowest BCUT2D eigenvalue weighted by Gasteiger charge is -2.36. The predicted molar refractivity (Wildman–Crippen MR) is 97.2 cm³/mol. The smallest absolute Gasteiger partial charge is 0.191 e. The van der Waals surface area contributed by atoms with Crippen molar-refractivity contribution in [1.29, 1.82) is 0 Å². The molecule has 124 valence electrons. The number of rotatable bonds is 3. The van der Waals surface area contributed by atoms with E-state index in [1.165, 1.54) is 17.0 Å². The van der Waals surface area contributed by atoms with Gasteiger partial charge in [0.05, 0.1) is 12.2 Å². The number of fused-ring (bicyclic) bond motifs is 1. The first-order chi connectivity index (χ1) is 11.7. The van der Waals surface area contributed by atoms with Crippen molar-refractivity contribution in [3.63, 3.8) is 0 Å². The highest BCUT2D eigenvalue weighted by molar-refractivity contribution is 7.21. The van der Waals surface area contributed by atoms with E-state index in [1.54, 1.807) is 12.4 Å². The molecule has 1 aliphatic heterocycles. The molecule has 2 atom stereocenters. The summed E-state index contributed by atoms with van der Waals surface area (Å²) in [6.45, 7) is 6.08. The molecule has 0 aliphatic carbocycles. The first-order valence-electron chi connectivity index (χ1n) is 8.02. The third-order valence-electron chi connectivity index (χ3n) is 3.95. The van der Waals surface area contributed by atoms with Gasteiger partial charge in [-0.25, -0.2) is 9.97 Å². The maximum atomic E-state index is 5.80. The van der Waals surface area contributed by atoms with Crippen LogP contribution in [0.15, 0.2) is 36.7 Å². The summed E-state index contributed by atoms with van der Waals surface area (Å²) in [6.07, 6.45) is 3.86. The minimum absolute atomic E-state index is 0.259. The van der Waals surface area contributed by atoms with Gasteiger partial charge in [0.1, 0.15) is 0 Å². The van der Waals surface area contributed by atoms with E-state index in [2.05, 4.69) is 63.3 Å². The van der Waals surface area contributed by atoms with Crippen LogP contribution in [-0.4, -0.2) is 40.2 Å². The van der Waals surface area contributed by atoms with Gasteiger partial charge in [-0.05, 0) is 38.1 Å². The molecule has 0 radical (unpaired) electrons. The van der Waals surface area contributed by atoms with Crippen LogP contribution in [0.5, 0.6) is 0 Å². The Hall–Kier alpha value is -2.25. The van der Waals surface area contributed by atoms with Crippen LogP contribution < -0.4 is 10.2 Å². The highest BCUT2D eigenvalue weighted by Gasteiger charge is 2.22. The molecule has 7 heteroatoms. The molecule has 1 fully saturated rings. The Morgan fingerprint density at radius 2 is 1.79 bits per heavy atom. The van der Waals surface area contributed by atoms with Crippen molar-refractivity contribution in [3.8, 4) is 0 Å². The summed E-state index contributed by atoms with van der Waals surface area (Å²) in [5.74, 6) is 0. The molecule has 0 bridgehead atoms. The van der Waals surface area contributed by atoms with Crippen LogP contribution in [0.3, 0.4) is 0 Å². The average molecular weight is 341 g/mol. The molecule has 0 amide bonds. The third-order valence-corrected chi connectivity index (χ3v) is 4.82. The minimum atomic E-state index is 0.259. The summed E-state index contributed by atoms with van der Waals surface area (Å²) in [5, 5.41) is 4.13. The summed E-state index contributed by atoms with van der Waals surface area (Å²) < 4.78 is 5.80. The van der Waals surface area contributed by atoms with Gasteiger partial charge in [-0.1, -0.05) is 11.3 Å². The molecule has 1 aromatic carbocycles. The summed E-state index contributed by atoms with van der Waals surface area (Å²) in [5.41, 5.74) is 2.90. The molecule has 1 aliphatic rings. The lowest BCUT2D eigenvalue weighted by molar-refractivity contribution is -0.00521. The maximum Gasteiger partial charge on any atom is 0.191 e. The van der Waals surface area contributed by atoms with Gasteiger partial charge in [-0.15, -0.1) is 0 Å². The fraction of sp³-hybridized carbons (Fsp3) is 0.353. The zero-order chi connectivity index (χ0) is 16.5. The summed E-state index contributed by atoms with van der Waals surface area (Å²) in [7, 11) is 0. The number of morpholine rings is 1. The topological polar surface area (TPSA) is 63.2 Å². The largest absolute Gasteiger partial charge is 0.372 e. The minimum Gasteiger partial charge on any atom is -0.372 e.